The van der Waals surface area contributed by atoms with Gasteiger partial charge in [-0.15, -0.1) is 0 Å². The van der Waals surface area contributed by atoms with Crippen LogP contribution in [0.2, 0.25) is 0 Å². The monoisotopic (exact) mass is 229 g/mol. The highest BCUT2D eigenvalue weighted by molar-refractivity contribution is 5.36. The van der Waals surface area contributed by atoms with E-state index in [-0.39, 0.29) is 5.82 Å². The van der Waals surface area contributed by atoms with Gasteiger partial charge in [0.25, 0.3) is 0 Å². The first-order valence-corrected chi connectivity index (χ1v) is 5.66. The molecule has 0 fully saturated rings. The maximum atomic E-state index is 13.7. The molecule has 17 heavy (non-hydrogen) atoms. The minimum atomic E-state index is -0.408. The van der Waals surface area contributed by atoms with Crippen LogP contribution in [0.5, 0.6) is 0 Å². The minimum absolute atomic E-state index is 0.246. The first kappa shape index (κ1) is 11.8. The van der Waals surface area contributed by atoms with Gasteiger partial charge in [-0.25, -0.2) is 4.39 Å². The van der Waals surface area contributed by atoms with Crippen LogP contribution in [0.4, 0.5) is 4.39 Å². The average Bonchev–Trinajstić information content (AvgIpc) is 2.31. The molecule has 0 bridgehead atoms. The van der Waals surface area contributed by atoms with E-state index >= 15 is 0 Å². The molecule has 0 spiro atoms. The third-order valence-electron chi connectivity index (χ3n) is 2.89. The standard InChI is InChI=1S/C15H16FN/c1-10-4-3-5-12(8-10)15(17)13-9-11(2)6-7-14(13)16/h3-9,15H,17H2,1-2H3. The summed E-state index contributed by atoms with van der Waals surface area (Å²) in [5, 5.41) is 0. The first-order valence-electron chi connectivity index (χ1n) is 5.66. The van der Waals surface area contributed by atoms with Crippen molar-refractivity contribution in [3.05, 3.63) is 70.5 Å². The molecule has 2 aromatic carbocycles. The van der Waals surface area contributed by atoms with Crippen LogP contribution in [0.3, 0.4) is 0 Å². The summed E-state index contributed by atoms with van der Waals surface area (Å²) in [5.74, 6) is -0.246. The highest BCUT2D eigenvalue weighted by Gasteiger charge is 2.13. The summed E-state index contributed by atoms with van der Waals surface area (Å²) in [6.45, 7) is 3.94. The van der Waals surface area contributed by atoms with Crippen LogP contribution in [-0.2, 0) is 0 Å². The SMILES string of the molecule is Cc1cccc(C(N)c2cc(C)ccc2F)c1. The second-order valence-electron chi connectivity index (χ2n) is 4.42. The Morgan fingerprint density at radius 3 is 2.41 bits per heavy atom. The van der Waals surface area contributed by atoms with Crippen molar-refractivity contribution in [3.8, 4) is 0 Å². The first-order chi connectivity index (χ1) is 8.08. The molecular formula is C15H16FN. The smallest absolute Gasteiger partial charge is 0.128 e. The van der Waals surface area contributed by atoms with Crippen LogP contribution in [-0.4, -0.2) is 0 Å². The van der Waals surface area contributed by atoms with Crippen LogP contribution in [0.1, 0.15) is 28.3 Å². The maximum absolute atomic E-state index is 13.7. The predicted molar refractivity (Wildman–Crippen MR) is 68.3 cm³/mol. The molecule has 0 aromatic heterocycles. The summed E-state index contributed by atoms with van der Waals surface area (Å²) in [4.78, 5) is 0. The van der Waals surface area contributed by atoms with Gasteiger partial charge >= 0.3 is 0 Å². The largest absolute Gasteiger partial charge is 0.320 e. The molecule has 0 aliphatic heterocycles. The molecule has 88 valence electrons. The van der Waals surface area contributed by atoms with Crippen molar-refractivity contribution in [1.29, 1.82) is 0 Å². The van der Waals surface area contributed by atoms with E-state index in [1.165, 1.54) is 6.07 Å². The fraction of sp³-hybridized carbons (Fsp3) is 0.200. The van der Waals surface area contributed by atoms with E-state index in [0.717, 1.165) is 16.7 Å². The summed E-state index contributed by atoms with van der Waals surface area (Å²) in [6.07, 6.45) is 0. The van der Waals surface area contributed by atoms with Crippen molar-refractivity contribution in [1.82, 2.24) is 0 Å². The summed E-state index contributed by atoms with van der Waals surface area (Å²) >= 11 is 0. The van der Waals surface area contributed by atoms with E-state index in [2.05, 4.69) is 0 Å². The lowest BCUT2D eigenvalue weighted by atomic mass is 9.96. The van der Waals surface area contributed by atoms with Gasteiger partial charge in [-0.2, -0.15) is 0 Å². The van der Waals surface area contributed by atoms with Crippen LogP contribution in [0, 0.1) is 19.7 Å². The highest BCUT2D eigenvalue weighted by Crippen LogP contribution is 2.23. The Morgan fingerprint density at radius 2 is 1.71 bits per heavy atom. The van der Waals surface area contributed by atoms with Gasteiger partial charge in [0.05, 0.1) is 6.04 Å². The van der Waals surface area contributed by atoms with Crippen LogP contribution in [0.25, 0.3) is 0 Å². The van der Waals surface area contributed by atoms with Gasteiger partial charge in [0.15, 0.2) is 0 Å². The Bertz CT molecular complexity index is 534. The molecule has 0 saturated heterocycles. The van der Waals surface area contributed by atoms with Crippen molar-refractivity contribution in [2.24, 2.45) is 5.73 Å². The lowest BCUT2D eigenvalue weighted by molar-refractivity contribution is 0.599. The van der Waals surface area contributed by atoms with Gasteiger partial charge < -0.3 is 5.73 Å². The molecule has 0 radical (unpaired) electrons. The lowest BCUT2D eigenvalue weighted by Gasteiger charge is -2.14. The summed E-state index contributed by atoms with van der Waals surface area (Å²) in [5.41, 5.74) is 9.75. The molecule has 2 rings (SSSR count). The average molecular weight is 229 g/mol. The van der Waals surface area contributed by atoms with E-state index in [0.29, 0.717) is 5.56 Å². The van der Waals surface area contributed by atoms with Crippen molar-refractivity contribution >= 4 is 0 Å². The fourth-order valence-corrected chi connectivity index (χ4v) is 1.94. The van der Waals surface area contributed by atoms with Crippen molar-refractivity contribution < 1.29 is 4.39 Å². The maximum Gasteiger partial charge on any atom is 0.128 e. The Balaban J connectivity index is 2.43. The highest BCUT2D eigenvalue weighted by atomic mass is 19.1. The van der Waals surface area contributed by atoms with Gasteiger partial charge in [0.2, 0.25) is 0 Å². The molecule has 0 aliphatic rings. The topological polar surface area (TPSA) is 26.0 Å². The van der Waals surface area contributed by atoms with Gasteiger partial charge in [-0.3, -0.25) is 0 Å². The fourth-order valence-electron chi connectivity index (χ4n) is 1.94. The van der Waals surface area contributed by atoms with E-state index in [1.54, 1.807) is 6.07 Å². The normalized spacial score (nSPS) is 12.5. The lowest BCUT2D eigenvalue weighted by Crippen LogP contribution is -2.14. The molecule has 0 heterocycles. The van der Waals surface area contributed by atoms with E-state index < -0.39 is 6.04 Å². The third kappa shape index (κ3) is 2.53. The zero-order valence-electron chi connectivity index (χ0n) is 10.1. The van der Waals surface area contributed by atoms with E-state index in [1.807, 2.05) is 44.2 Å². The molecule has 1 unspecified atom stereocenters. The molecular weight excluding hydrogens is 213 g/mol. The Kier molecular flexibility index (Phi) is 3.25. The molecule has 0 amide bonds. The Labute approximate surface area is 101 Å². The van der Waals surface area contributed by atoms with Gasteiger partial charge in [-0.1, -0.05) is 47.5 Å². The second-order valence-corrected chi connectivity index (χ2v) is 4.42. The van der Waals surface area contributed by atoms with Crippen LogP contribution in [0.15, 0.2) is 42.5 Å². The van der Waals surface area contributed by atoms with Crippen molar-refractivity contribution in [3.63, 3.8) is 0 Å². The molecule has 2 aromatic rings. The van der Waals surface area contributed by atoms with Gasteiger partial charge in [0, 0.05) is 5.56 Å². The number of rotatable bonds is 2. The zero-order chi connectivity index (χ0) is 12.4. The number of hydrogen-bond donors (Lipinski definition) is 1. The van der Waals surface area contributed by atoms with Crippen LogP contribution >= 0.6 is 0 Å². The second kappa shape index (κ2) is 4.68. The number of aryl methyl sites for hydroxylation is 2. The molecule has 2 heteroatoms. The Hall–Kier alpha value is -1.67. The number of halogens is 1. The molecule has 2 N–H and O–H groups in total. The van der Waals surface area contributed by atoms with Crippen LogP contribution < -0.4 is 5.73 Å². The Morgan fingerprint density at radius 1 is 1.00 bits per heavy atom. The number of nitrogens with two attached hydrogens (primary N) is 1. The van der Waals surface area contributed by atoms with Crippen molar-refractivity contribution in [2.45, 2.75) is 19.9 Å². The summed E-state index contributed by atoms with van der Waals surface area (Å²) in [6, 6.07) is 12.5. The molecule has 0 saturated carbocycles. The predicted octanol–water partition coefficient (Wildman–Crippen LogP) is 3.49. The summed E-state index contributed by atoms with van der Waals surface area (Å²) in [7, 11) is 0. The number of benzene rings is 2. The minimum Gasteiger partial charge on any atom is -0.320 e. The van der Waals surface area contributed by atoms with E-state index in [9.17, 15) is 4.39 Å². The van der Waals surface area contributed by atoms with E-state index in [4.69, 9.17) is 5.73 Å². The number of hydrogen-bond acceptors (Lipinski definition) is 1. The summed E-state index contributed by atoms with van der Waals surface area (Å²) < 4.78 is 13.7. The van der Waals surface area contributed by atoms with Crippen molar-refractivity contribution in [2.75, 3.05) is 0 Å². The zero-order valence-corrected chi connectivity index (χ0v) is 10.1. The molecule has 1 nitrogen and oxygen atoms in total. The van der Waals surface area contributed by atoms with Gasteiger partial charge in [0.1, 0.15) is 5.82 Å². The quantitative estimate of drug-likeness (QED) is 0.838. The third-order valence-corrected chi connectivity index (χ3v) is 2.89. The molecule has 1 atom stereocenters. The van der Waals surface area contributed by atoms with Gasteiger partial charge in [-0.05, 0) is 25.5 Å². The molecule has 0 aliphatic carbocycles.